The van der Waals surface area contributed by atoms with Crippen molar-refractivity contribution >= 4 is 21.4 Å². The van der Waals surface area contributed by atoms with Crippen LogP contribution in [0.15, 0.2) is 54.6 Å². The fourth-order valence-electron chi connectivity index (χ4n) is 1.84. The average Bonchev–Trinajstić information content (AvgIpc) is 2.80. The molecule has 0 aliphatic rings. The van der Waals surface area contributed by atoms with Gasteiger partial charge in [-0.05, 0) is 29.7 Å². The van der Waals surface area contributed by atoms with Crippen molar-refractivity contribution in [3.8, 4) is 11.5 Å². The molecule has 0 radical (unpaired) electrons. The Morgan fingerprint density at radius 2 is 1.78 bits per heavy atom. The third kappa shape index (κ3) is 2.17. The number of fused-ring (bicyclic) bond motifs is 1. The first-order valence-electron chi connectivity index (χ1n) is 5.71. The number of para-hydroxylation sites is 2. The molecule has 3 aromatic rings. The molecule has 1 N–H and O–H groups in total. The van der Waals surface area contributed by atoms with Crippen LogP contribution in [0.3, 0.4) is 0 Å². The Morgan fingerprint density at radius 3 is 2.61 bits per heavy atom. The van der Waals surface area contributed by atoms with Gasteiger partial charge in [0.15, 0.2) is 11.5 Å². The number of phenols is 1. The molecule has 0 atom stereocenters. The van der Waals surface area contributed by atoms with Gasteiger partial charge in [-0.1, -0.05) is 30.3 Å². The zero-order valence-electron chi connectivity index (χ0n) is 9.67. The molecule has 2 nitrogen and oxygen atoms in total. The number of ether oxygens (including phenoxy) is 1. The molecule has 0 saturated heterocycles. The Kier molecular flexibility index (Phi) is 2.90. The molecule has 3 rings (SSSR count). The van der Waals surface area contributed by atoms with Crippen LogP contribution in [0.25, 0.3) is 10.1 Å². The summed E-state index contributed by atoms with van der Waals surface area (Å²) in [7, 11) is 0. The predicted molar refractivity (Wildman–Crippen MR) is 74.3 cm³/mol. The second-order valence-electron chi connectivity index (χ2n) is 4.01. The van der Waals surface area contributed by atoms with Crippen molar-refractivity contribution in [2.75, 3.05) is 0 Å². The van der Waals surface area contributed by atoms with Crippen molar-refractivity contribution in [3.05, 3.63) is 59.5 Å². The lowest BCUT2D eigenvalue weighted by atomic mass is 10.2. The fourth-order valence-corrected chi connectivity index (χ4v) is 2.81. The van der Waals surface area contributed by atoms with E-state index in [4.69, 9.17) is 4.74 Å². The standard InChI is InChI=1S/C15H12O2S/c16-13-6-2-3-7-14(13)17-10-12-9-11-5-1-4-8-15(11)18-12/h1-9,16H,10H2. The highest BCUT2D eigenvalue weighted by Crippen LogP contribution is 2.29. The molecule has 0 fully saturated rings. The van der Waals surface area contributed by atoms with Gasteiger partial charge in [0.1, 0.15) is 6.61 Å². The quantitative estimate of drug-likeness (QED) is 0.761. The highest BCUT2D eigenvalue weighted by atomic mass is 32.1. The molecule has 0 saturated carbocycles. The van der Waals surface area contributed by atoms with E-state index in [0.717, 1.165) is 4.88 Å². The monoisotopic (exact) mass is 256 g/mol. The molecule has 0 bridgehead atoms. The van der Waals surface area contributed by atoms with E-state index in [9.17, 15) is 5.11 Å². The first-order valence-corrected chi connectivity index (χ1v) is 6.53. The average molecular weight is 256 g/mol. The summed E-state index contributed by atoms with van der Waals surface area (Å²) in [5.74, 6) is 0.702. The van der Waals surface area contributed by atoms with Gasteiger partial charge in [-0.25, -0.2) is 0 Å². The van der Waals surface area contributed by atoms with Gasteiger partial charge < -0.3 is 9.84 Å². The number of hydrogen-bond donors (Lipinski definition) is 1. The van der Waals surface area contributed by atoms with Crippen molar-refractivity contribution in [1.29, 1.82) is 0 Å². The second kappa shape index (κ2) is 4.70. The van der Waals surface area contributed by atoms with Gasteiger partial charge in [0.05, 0.1) is 0 Å². The molecule has 0 spiro atoms. The molecule has 90 valence electrons. The normalized spacial score (nSPS) is 10.7. The van der Waals surface area contributed by atoms with Crippen molar-refractivity contribution in [2.24, 2.45) is 0 Å². The minimum atomic E-state index is 0.179. The third-order valence-electron chi connectivity index (χ3n) is 2.71. The number of rotatable bonds is 3. The summed E-state index contributed by atoms with van der Waals surface area (Å²) in [5, 5.41) is 10.8. The zero-order chi connectivity index (χ0) is 12.4. The van der Waals surface area contributed by atoms with E-state index in [1.807, 2.05) is 18.2 Å². The van der Waals surface area contributed by atoms with Gasteiger partial charge >= 0.3 is 0 Å². The van der Waals surface area contributed by atoms with Crippen molar-refractivity contribution < 1.29 is 9.84 Å². The maximum Gasteiger partial charge on any atom is 0.161 e. The van der Waals surface area contributed by atoms with Gasteiger partial charge in [0, 0.05) is 9.58 Å². The minimum Gasteiger partial charge on any atom is -0.504 e. The second-order valence-corrected chi connectivity index (χ2v) is 5.18. The topological polar surface area (TPSA) is 29.5 Å². The Hall–Kier alpha value is -2.00. The number of hydrogen-bond acceptors (Lipinski definition) is 3. The highest BCUT2D eigenvalue weighted by molar-refractivity contribution is 7.19. The first-order chi connectivity index (χ1) is 8.83. The van der Waals surface area contributed by atoms with Crippen LogP contribution in [-0.4, -0.2) is 5.11 Å². The molecular weight excluding hydrogens is 244 g/mol. The van der Waals surface area contributed by atoms with Gasteiger partial charge in [-0.2, -0.15) is 0 Å². The van der Waals surface area contributed by atoms with Crippen LogP contribution in [0.1, 0.15) is 4.88 Å². The van der Waals surface area contributed by atoms with Crippen LogP contribution in [0.2, 0.25) is 0 Å². The molecule has 1 aromatic heterocycles. The zero-order valence-corrected chi connectivity index (χ0v) is 10.5. The van der Waals surface area contributed by atoms with E-state index in [2.05, 4.69) is 18.2 Å². The van der Waals surface area contributed by atoms with E-state index in [0.29, 0.717) is 12.4 Å². The summed E-state index contributed by atoms with van der Waals surface area (Å²) in [6.45, 7) is 0.483. The summed E-state index contributed by atoms with van der Waals surface area (Å²) in [5.41, 5.74) is 0. The molecule has 18 heavy (non-hydrogen) atoms. The summed E-state index contributed by atoms with van der Waals surface area (Å²) in [4.78, 5) is 1.15. The van der Waals surface area contributed by atoms with Gasteiger partial charge in [-0.15, -0.1) is 11.3 Å². The Balaban J connectivity index is 1.79. The Bertz CT molecular complexity index is 640. The van der Waals surface area contributed by atoms with Crippen molar-refractivity contribution in [1.82, 2.24) is 0 Å². The summed E-state index contributed by atoms with van der Waals surface area (Å²) in [6.07, 6.45) is 0. The molecule has 0 aliphatic carbocycles. The summed E-state index contributed by atoms with van der Waals surface area (Å²) >= 11 is 1.72. The lowest BCUT2D eigenvalue weighted by Crippen LogP contribution is -1.92. The van der Waals surface area contributed by atoms with Gasteiger partial charge in [0.2, 0.25) is 0 Å². The van der Waals surface area contributed by atoms with Crippen LogP contribution in [0.5, 0.6) is 11.5 Å². The van der Waals surface area contributed by atoms with Crippen molar-refractivity contribution in [3.63, 3.8) is 0 Å². The van der Waals surface area contributed by atoms with Crippen LogP contribution in [-0.2, 0) is 6.61 Å². The van der Waals surface area contributed by atoms with E-state index in [-0.39, 0.29) is 5.75 Å². The molecule has 1 heterocycles. The predicted octanol–water partition coefficient (Wildman–Crippen LogP) is 4.19. The SMILES string of the molecule is Oc1ccccc1OCc1cc2ccccc2s1. The van der Waals surface area contributed by atoms with Crippen LogP contribution in [0.4, 0.5) is 0 Å². The maximum absolute atomic E-state index is 9.61. The minimum absolute atomic E-state index is 0.179. The lowest BCUT2D eigenvalue weighted by molar-refractivity contribution is 0.292. The molecular formula is C15H12O2S. The number of phenolic OH excluding ortho intramolecular Hbond substituents is 1. The van der Waals surface area contributed by atoms with E-state index < -0.39 is 0 Å². The maximum atomic E-state index is 9.61. The summed E-state index contributed by atoms with van der Waals surface area (Å²) in [6, 6.07) is 17.4. The number of thiophene rings is 1. The number of aromatic hydroxyl groups is 1. The molecule has 0 amide bonds. The molecule has 0 unspecified atom stereocenters. The van der Waals surface area contributed by atoms with Crippen molar-refractivity contribution in [2.45, 2.75) is 6.61 Å². The Labute approximate surface area is 109 Å². The smallest absolute Gasteiger partial charge is 0.161 e. The molecule has 0 aliphatic heterocycles. The third-order valence-corrected chi connectivity index (χ3v) is 3.80. The largest absolute Gasteiger partial charge is 0.504 e. The highest BCUT2D eigenvalue weighted by Gasteiger charge is 2.04. The van der Waals surface area contributed by atoms with Crippen LogP contribution >= 0.6 is 11.3 Å². The van der Waals surface area contributed by atoms with Crippen LogP contribution in [0, 0.1) is 0 Å². The van der Waals surface area contributed by atoms with Crippen LogP contribution < -0.4 is 4.74 Å². The summed E-state index contributed by atoms with van der Waals surface area (Å²) < 4.78 is 6.87. The Morgan fingerprint density at radius 1 is 1.00 bits per heavy atom. The fraction of sp³-hybridized carbons (Fsp3) is 0.0667. The van der Waals surface area contributed by atoms with Gasteiger partial charge in [0.25, 0.3) is 0 Å². The van der Waals surface area contributed by atoms with E-state index >= 15 is 0 Å². The first kappa shape index (κ1) is 11.1. The van der Waals surface area contributed by atoms with E-state index in [1.165, 1.54) is 10.1 Å². The van der Waals surface area contributed by atoms with Gasteiger partial charge in [-0.3, -0.25) is 0 Å². The molecule has 3 heteroatoms. The molecule has 2 aromatic carbocycles. The lowest BCUT2D eigenvalue weighted by Gasteiger charge is -2.05. The van der Waals surface area contributed by atoms with E-state index in [1.54, 1.807) is 29.5 Å². The number of benzene rings is 2.